The van der Waals surface area contributed by atoms with Gasteiger partial charge in [-0.15, -0.1) is 0 Å². The number of nitrogens with zero attached hydrogens (tertiary/aromatic N) is 2. The van der Waals surface area contributed by atoms with Crippen molar-refractivity contribution >= 4 is 40.1 Å². The average molecular weight is 434 g/mol. The molecule has 1 aliphatic carbocycles. The molecule has 29 heavy (non-hydrogen) atoms. The molecule has 2 aliphatic rings. The van der Waals surface area contributed by atoms with E-state index in [2.05, 4.69) is 10.3 Å². The number of halogens is 1. The molecule has 6 nitrogen and oxygen atoms in total. The maximum atomic E-state index is 13.7. The predicted molar refractivity (Wildman–Crippen MR) is 113 cm³/mol. The van der Waals surface area contributed by atoms with Gasteiger partial charge >= 0.3 is 6.09 Å². The first-order valence-corrected chi connectivity index (χ1v) is 11.2. The lowest BCUT2D eigenvalue weighted by Gasteiger charge is -2.36. The van der Waals surface area contributed by atoms with Crippen LogP contribution in [0.1, 0.15) is 48.7 Å². The van der Waals surface area contributed by atoms with E-state index in [0.717, 1.165) is 41.8 Å². The van der Waals surface area contributed by atoms with Gasteiger partial charge in [-0.1, -0.05) is 47.9 Å². The van der Waals surface area contributed by atoms with E-state index in [1.807, 2.05) is 29.2 Å². The molecule has 1 aromatic carbocycles. The lowest BCUT2D eigenvalue weighted by Crippen LogP contribution is -2.47. The SMILES string of the molecule is CCOC(=O)Nc1nc2c(s1)CN(C(=O)C1(c3ccc(Cl)cc3)CCCC1)CC2. The summed E-state index contributed by atoms with van der Waals surface area (Å²) >= 11 is 7.48. The van der Waals surface area contributed by atoms with Crippen LogP contribution in [-0.2, 0) is 27.9 Å². The third-order valence-electron chi connectivity index (χ3n) is 5.77. The summed E-state index contributed by atoms with van der Waals surface area (Å²) in [6.45, 7) is 3.25. The van der Waals surface area contributed by atoms with Gasteiger partial charge in [0.1, 0.15) is 0 Å². The van der Waals surface area contributed by atoms with Crippen LogP contribution in [0, 0.1) is 0 Å². The van der Waals surface area contributed by atoms with E-state index >= 15 is 0 Å². The number of benzene rings is 1. The smallest absolute Gasteiger partial charge is 0.413 e. The molecule has 0 spiro atoms. The minimum atomic E-state index is -0.501. The molecule has 0 radical (unpaired) electrons. The standard InChI is InChI=1S/C21H24ClN3O3S/c1-2-28-20(27)24-19-23-16-9-12-25(13-17(16)29-19)18(26)21(10-3-4-11-21)14-5-7-15(22)8-6-14/h5-8H,2-4,9-13H2,1H3,(H,23,24,27). The number of carbonyl (C=O) groups excluding carboxylic acids is 2. The maximum Gasteiger partial charge on any atom is 0.413 e. The average Bonchev–Trinajstić information content (AvgIpc) is 3.35. The number of ether oxygens (including phenoxy) is 1. The first kappa shape index (κ1) is 20.2. The van der Waals surface area contributed by atoms with Crippen molar-refractivity contribution in [1.82, 2.24) is 9.88 Å². The molecule has 1 saturated carbocycles. The van der Waals surface area contributed by atoms with Crippen molar-refractivity contribution in [2.24, 2.45) is 0 Å². The van der Waals surface area contributed by atoms with Gasteiger partial charge in [0, 0.05) is 22.9 Å². The summed E-state index contributed by atoms with van der Waals surface area (Å²) in [6, 6.07) is 7.73. The Morgan fingerprint density at radius 3 is 2.69 bits per heavy atom. The number of carbonyl (C=O) groups is 2. The van der Waals surface area contributed by atoms with Gasteiger partial charge in [-0.05, 0) is 37.5 Å². The molecule has 0 atom stereocenters. The summed E-state index contributed by atoms with van der Waals surface area (Å²) in [7, 11) is 0. The van der Waals surface area contributed by atoms with Crippen molar-refractivity contribution in [3.63, 3.8) is 0 Å². The lowest BCUT2D eigenvalue weighted by atomic mass is 9.77. The van der Waals surface area contributed by atoms with E-state index in [9.17, 15) is 9.59 Å². The Labute approximate surface area is 179 Å². The van der Waals surface area contributed by atoms with Crippen LogP contribution in [0.5, 0.6) is 0 Å². The van der Waals surface area contributed by atoms with Gasteiger partial charge in [-0.25, -0.2) is 9.78 Å². The summed E-state index contributed by atoms with van der Waals surface area (Å²) in [6.07, 6.45) is 4.05. The first-order valence-electron chi connectivity index (χ1n) is 9.99. The maximum absolute atomic E-state index is 13.7. The summed E-state index contributed by atoms with van der Waals surface area (Å²) in [5, 5.41) is 3.88. The quantitative estimate of drug-likeness (QED) is 0.754. The molecule has 8 heteroatoms. The van der Waals surface area contributed by atoms with Crippen molar-refractivity contribution < 1.29 is 14.3 Å². The van der Waals surface area contributed by atoms with Crippen LogP contribution in [0.3, 0.4) is 0 Å². The zero-order valence-electron chi connectivity index (χ0n) is 16.4. The largest absolute Gasteiger partial charge is 0.450 e. The normalized spacial score (nSPS) is 17.7. The molecular weight excluding hydrogens is 410 g/mol. The lowest BCUT2D eigenvalue weighted by molar-refractivity contribution is -0.138. The van der Waals surface area contributed by atoms with Gasteiger partial charge in [0.05, 0.1) is 24.3 Å². The van der Waals surface area contributed by atoms with E-state index in [0.29, 0.717) is 36.3 Å². The van der Waals surface area contributed by atoms with Crippen molar-refractivity contribution in [2.45, 2.75) is 51.0 Å². The fourth-order valence-corrected chi connectivity index (χ4v) is 5.49. The van der Waals surface area contributed by atoms with Crippen LogP contribution >= 0.6 is 22.9 Å². The third kappa shape index (κ3) is 3.98. The Hall–Kier alpha value is -2.12. The van der Waals surface area contributed by atoms with Crippen molar-refractivity contribution in [1.29, 1.82) is 0 Å². The fourth-order valence-electron chi connectivity index (χ4n) is 4.35. The van der Waals surface area contributed by atoms with Crippen LogP contribution in [-0.4, -0.2) is 35.0 Å². The Morgan fingerprint density at radius 1 is 1.28 bits per heavy atom. The van der Waals surface area contributed by atoms with Gasteiger partial charge in [-0.3, -0.25) is 10.1 Å². The Bertz CT molecular complexity index is 906. The Morgan fingerprint density at radius 2 is 2.00 bits per heavy atom. The number of amides is 2. The number of fused-ring (bicyclic) bond motifs is 1. The highest BCUT2D eigenvalue weighted by Gasteiger charge is 2.45. The van der Waals surface area contributed by atoms with Crippen molar-refractivity contribution in [3.8, 4) is 0 Å². The fraction of sp³-hybridized carbons (Fsp3) is 0.476. The summed E-state index contributed by atoms with van der Waals surface area (Å²) in [5.74, 6) is 0.191. The number of anilines is 1. The van der Waals surface area contributed by atoms with Gasteiger partial charge in [0.15, 0.2) is 5.13 Å². The van der Waals surface area contributed by atoms with Gasteiger partial charge in [0.2, 0.25) is 5.91 Å². The minimum absolute atomic E-state index is 0.191. The molecule has 2 amide bonds. The predicted octanol–water partition coefficient (Wildman–Crippen LogP) is 4.76. The molecule has 0 unspecified atom stereocenters. The molecule has 1 fully saturated rings. The molecular formula is C21H24ClN3O3S. The van der Waals surface area contributed by atoms with E-state index < -0.39 is 11.5 Å². The number of hydrogen-bond acceptors (Lipinski definition) is 5. The Kier molecular flexibility index (Phi) is 5.79. The molecule has 1 N–H and O–H groups in total. The molecule has 0 saturated heterocycles. The number of hydrogen-bond donors (Lipinski definition) is 1. The molecule has 2 aromatic rings. The minimum Gasteiger partial charge on any atom is -0.450 e. The van der Waals surface area contributed by atoms with E-state index in [4.69, 9.17) is 16.3 Å². The van der Waals surface area contributed by atoms with Gasteiger partial charge in [-0.2, -0.15) is 0 Å². The number of nitrogens with one attached hydrogen (secondary N) is 1. The highest BCUT2D eigenvalue weighted by molar-refractivity contribution is 7.15. The monoisotopic (exact) mass is 433 g/mol. The number of thiazole rings is 1. The summed E-state index contributed by atoms with van der Waals surface area (Å²) in [4.78, 5) is 32.8. The highest BCUT2D eigenvalue weighted by atomic mass is 35.5. The van der Waals surface area contributed by atoms with Crippen LogP contribution in [0.15, 0.2) is 24.3 Å². The number of aromatic nitrogens is 1. The van der Waals surface area contributed by atoms with Crippen LogP contribution < -0.4 is 5.32 Å². The van der Waals surface area contributed by atoms with E-state index in [1.165, 1.54) is 11.3 Å². The molecule has 4 rings (SSSR count). The molecule has 0 bridgehead atoms. The molecule has 1 aliphatic heterocycles. The molecule has 154 valence electrons. The van der Waals surface area contributed by atoms with Crippen LogP contribution in [0.4, 0.5) is 9.93 Å². The van der Waals surface area contributed by atoms with Crippen LogP contribution in [0.25, 0.3) is 0 Å². The molecule has 1 aromatic heterocycles. The second-order valence-electron chi connectivity index (χ2n) is 7.51. The topological polar surface area (TPSA) is 71.5 Å². The summed E-state index contributed by atoms with van der Waals surface area (Å²) in [5.41, 5.74) is 1.56. The zero-order valence-corrected chi connectivity index (χ0v) is 17.9. The van der Waals surface area contributed by atoms with Crippen molar-refractivity contribution in [3.05, 3.63) is 45.4 Å². The van der Waals surface area contributed by atoms with Gasteiger partial charge in [0.25, 0.3) is 0 Å². The second-order valence-corrected chi connectivity index (χ2v) is 9.03. The zero-order chi connectivity index (χ0) is 20.4. The Balaban J connectivity index is 1.53. The van der Waals surface area contributed by atoms with Gasteiger partial charge < -0.3 is 9.64 Å². The highest BCUT2D eigenvalue weighted by Crippen LogP contribution is 2.44. The second kappa shape index (κ2) is 8.32. The van der Waals surface area contributed by atoms with E-state index in [-0.39, 0.29) is 5.91 Å². The first-order chi connectivity index (χ1) is 14.0. The summed E-state index contributed by atoms with van der Waals surface area (Å²) < 4.78 is 4.92. The van der Waals surface area contributed by atoms with Crippen molar-refractivity contribution in [2.75, 3.05) is 18.5 Å². The van der Waals surface area contributed by atoms with Crippen LogP contribution in [0.2, 0.25) is 5.02 Å². The third-order valence-corrected chi connectivity index (χ3v) is 7.02. The molecule has 2 heterocycles. The van der Waals surface area contributed by atoms with E-state index in [1.54, 1.807) is 6.92 Å². The number of rotatable bonds is 4.